The van der Waals surface area contributed by atoms with Crippen LogP contribution in [0.25, 0.3) is 11.0 Å². The maximum absolute atomic E-state index is 12.3. The molecule has 3 rings (SSSR count). The number of ether oxygens (including phenoxy) is 3. The lowest BCUT2D eigenvalue weighted by atomic mass is 10.2. The van der Waals surface area contributed by atoms with Crippen LogP contribution in [0.5, 0.6) is 17.2 Å². The molecule has 0 aliphatic rings. The molecule has 0 aliphatic heterocycles. The van der Waals surface area contributed by atoms with Gasteiger partial charge in [-0.05, 0) is 29.8 Å². The molecule has 132 valence electrons. The number of aromatic amines is 1. The van der Waals surface area contributed by atoms with E-state index in [1.165, 1.54) is 23.9 Å². The van der Waals surface area contributed by atoms with Crippen LogP contribution in [-0.4, -0.2) is 30.8 Å². The van der Waals surface area contributed by atoms with E-state index in [1.54, 1.807) is 20.3 Å². The Labute approximate surface area is 147 Å². The topological polar surface area (TPSA) is 56.4 Å². The van der Waals surface area contributed by atoms with Crippen LogP contribution in [-0.2, 0) is 5.75 Å². The van der Waals surface area contributed by atoms with E-state index in [0.717, 1.165) is 5.56 Å². The summed E-state index contributed by atoms with van der Waals surface area (Å²) in [7, 11) is 3.18. The number of hydrogen-bond acceptors (Lipinski definition) is 5. The molecule has 0 aliphatic carbocycles. The Morgan fingerprint density at radius 2 is 1.88 bits per heavy atom. The Morgan fingerprint density at radius 3 is 2.60 bits per heavy atom. The molecule has 0 atom stereocenters. The van der Waals surface area contributed by atoms with E-state index >= 15 is 0 Å². The summed E-state index contributed by atoms with van der Waals surface area (Å²) in [4.78, 5) is 7.53. The van der Waals surface area contributed by atoms with Gasteiger partial charge in [-0.3, -0.25) is 0 Å². The van der Waals surface area contributed by atoms with E-state index in [9.17, 15) is 8.78 Å². The Morgan fingerprint density at radius 1 is 1.08 bits per heavy atom. The number of nitrogens with one attached hydrogen (secondary N) is 1. The van der Waals surface area contributed by atoms with E-state index in [1.807, 2.05) is 18.2 Å². The number of benzene rings is 2. The number of hydrogen-bond donors (Lipinski definition) is 1. The van der Waals surface area contributed by atoms with Crippen LogP contribution < -0.4 is 14.2 Å². The Hall–Kier alpha value is -2.48. The molecule has 0 radical (unpaired) electrons. The van der Waals surface area contributed by atoms with Crippen LogP contribution in [0.1, 0.15) is 5.56 Å². The number of imidazole rings is 1. The molecule has 25 heavy (non-hydrogen) atoms. The molecule has 0 saturated heterocycles. The molecule has 2 aromatic carbocycles. The fraction of sp³-hybridized carbons (Fsp3) is 0.235. The summed E-state index contributed by atoms with van der Waals surface area (Å²) in [5, 5.41) is 0.694. The van der Waals surface area contributed by atoms with Crippen LogP contribution in [0.15, 0.2) is 41.6 Å². The molecule has 0 spiro atoms. The third-order valence-corrected chi connectivity index (χ3v) is 4.42. The van der Waals surface area contributed by atoms with Crippen LogP contribution in [0, 0.1) is 0 Å². The first kappa shape index (κ1) is 17.3. The Bertz CT molecular complexity index is 870. The third kappa shape index (κ3) is 4.14. The normalized spacial score (nSPS) is 11.1. The van der Waals surface area contributed by atoms with Crippen molar-refractivity contribution in [3.63, 3.8) is 0 Å². The van der Waals surface area contributed by atoms with Crippen molar-refractivity contribution < 1.29 is 23.0 Å². The lowest BCUT2D eigenvalue weighted by molar-refractivity contribution is -0.0497. The molecular weight excluding hydrogens is 350 g/mol. The molecule has 1 N–H and O–H groups in total. The molecule has 0 unspecified atom stereocenters. The van der Waals surface area contributed by atoms with E-state index in [0.29, 0.717) is 33.4 Å². The molecule has 8 heteroatoms. The minimum Gasteiger partial charge on any atom is -0.493 e. The molecule has 0 saturated carbocycles. The maximum atomic E-state index is 12.3. The van der Waals surface area contributed by atoms with Crippen LogP contribution in [0.4, 0.5) is 8.78 Å². The van der Waals surface area contributed by atoms with Gasteiger partial charge in [0.1, 0.15) is 5.75 Å². The first-order valence-electron chi connectivity index (χ1n) is 7.37. The number of fused-ring (bicyclic) bond motifs is 1. The molecule has 0 bridgehead atoms. The smallest absolute Gasteiger partial charge is 0.387 e. The number of nitrogens with zero attached hydrogens (tertiary/aromatic N) is 1. The fourth-order valence-electron chi connectivity index (χ4n) is 2.33. The number of rotatable bonds is 7. The van der Waals surface area contributed by atoms with Gasteiger partial charge in [0.05, 0.1) is 25.3 Å². The van der Waals surface area contributed by atoms with Gasteiger partial charge in [0.25, 0.3) is 0 Å². The van der Waals surface area contributed by atoms with Crippen molar-refractivity contribution in [2.24, 2.45) is 0 Å². The number of H-pyrrole nitrogens is 1. The summed E-state index contributed by atoms with van der Waals surface area (Å²) in [6.07, 6.45) is 0. The molecule has 0 fully saturated rings. The van der Waals surface area contributed by atoms with E-state index in [-0.39, 0.29) is 5.75 Å². The van der Waals surface area contributed by atoms with Crippen molar-refractivity contribution in [2.45, 2.75) is 17.5 Å². The van der Waals surface area contributed by atoms with Gasteiger partial charge in [0.2, 0.25) is 0 Å². The number of alkyl halides is 2. The van der Waals surface area contributed by atoms with Crippen LogP contribution >= 0.6 is 11.8 Å². The van der Waals surface area contributed by atoms with Crippen molar-refractivity contribution >= 4 is 22.8 Å². The lowest BCUT2D eigenvalue weighted by Gasteiger charge is -2.08. The van der Waals surface area contributed by atoms with Crippen molar-refractivity contribution in [3.05, 3.63) is 42.0 Å². The summed E-state index contributed by atoms with van der Waals surface area (Å²) in [5.74, 6) is 2.11. The molecule has 0 amide bonds. The van der Waals surface area contributed by atoms with Gasteiger partial charge in [-0.15, -0.1) is 0 Å². The molecule has 5 nitrogen and oxygen atoms in total. The number of aromatic nitrogens is 2. The van der Waals surface area contributed by atoms with Gasteiger partial charge in [0.15, 0.2) is 16.7 Å². The standard InChI is InChI=1S/C17H16F2N2O3S/c1-22-14-6-3-10(7-15(14)23-2)9-25-17-20-12-5-4-11(24-16(18)19)8-13(12)21-17/h3-8,16H,9H2,1-2H3,(H,20,21). The van der Waals surface area contributed by atoms with Crippen LogP contribution in [0.3, 0.4) is 0 Å². The van der Waals surface area contributed by atoms with Gasteiger partial charge in [-0.2, -0.15) is 8.78 Å². The van der Waals surface area contributed by atoms with Gasteiger partial charge in [-0.25, -0.2) is 4.98 Å². The summed E-state index contributed by atoms with van der Waals surface area (Å²) in [6.45, 7) is -2.85. The lowest BCUT2D eigenvalue weighted by Crippen LogP contribution is -2.01. The van der Waals surface area contributed by atoms with Crippen LogP contribution in [0.2, 0.25) is 0 Å². The van der Waals surface area contributed by atoms with Crippen molar-refractivity contribution in [2.75, 3.05) is 14.2 Å². The molecular formula is C17H16F2N2O3S. The highest BCUT2D eigenvalue weighted by molar-refractivity contribution is 7.98. The number of thioether (sulfide) groups is 1. The van der Waals surface area contributed by atoms with Crippen molar-refractivity contribution in [1.29, 1.82) is 0 Å². The summed E-state index contributed by atoms with van der Waals surface area (Å²) < 4.78 is 39.5. The van der Waals surface area contributed by atoms with Gasteiger partial charge >= 0.3 is 6.61 Å². The molecule has 1 aromatic heterocycles. The summed E-state index contributed by atoms with van der Waals surface area (Å²) in [6, 6.07) is 10.3. The van der Waals surface area contributed by atoms with Gasteiger partial charge in [-0.1, -0.05) is 17.8 Å². The number of halogens is 2. The predicted molar refractivity (Wildman–Crippen MR) is 91.8 cm³/mol. The largest absolute Gasteiger partial charge is 0.493 e. The highest BCUT2D eigenvalue weighted by Crippen LogP contribution is 2.31. The molecule has 1 heterocycles. The second-order valence-electron chi connectivity index (χ2n) is 5.08. The first-order chi connectivity index (χ1) is 12.1. The van der Waals surface area contributed by atoms with Gasteiger partial charge in [0, 0.05) is 11.8 Å². The van der Waals surface area contributed by atoms with E-state index < -0.39 is 6.61 Å². The predicted octanol–water partition coefficient (Wildman–Crippen LogP) is 4.47. The van der Waals surface area contributed by atoms with Crippen molar-refractivity contribution in [3.8, 4) is 17.2 Å². The quantitative estimate of drug-likeness (QED) is 0.625. The highest BCUT2D eigenvalue weighted by Gasteiger charge is 2.09. The Balaban J connectivity index is 1.72. The minimum absolute atomic E-state index is 0.0996. The average Bonchev–Trinajstić information content (AvgIpc) is 3.01. The van der Waals surface area contributed by atoms with Crippen molar-refractivity contribution in [1.82, 2.24) is 9.97 Å². The number of methoxy groups -OCH3 is 2. The third-order valence-electron chi connectivity index (χ3n) is 3.48. The Kier molecular flexibility index (Phi) is 5.28. The van der Waals surface area contributed by atoms with E-state index in [2.05, 4.69) is 14.7 Å². The highest BCUT2D eigenvalue weighted by atomic mass is 32.2. The summed E-state index contributed by atoms with van der Waals surface area (Å²) >= 11 is 1.50. The molecule has 3 aromatic rings. The van der Waals surface area contributed by atoms with E-state index in [4.69, 9.17) is 9.47 Å². The zero-order valence-electron chi connectivity index (χ0n) is 13.6. The second-order valence-corrected chi connectivity index (χ2v) is 6.04. The maximum Gasteiger partial charge on any atom is 0.387 e. The first-order valence-corrected chi connectivity index (χ1v) is 8.36. The fourth-order valence-corrected chi connectivity index (χ4v) is 3.16. The average molecular weight is 366 g/mol. The zero-order valence-corrected chi connectivity index (χ0v) is 14.4. The monoisotopic (exact) mass is 366 g/mol. The second kappa shape index (κ2) is 7.60. The van der Waals surface area contributed by atoms with Gasteiger partial charge < -0.3 is 19.2 Å². The SMILES string of the molecule is COc1ccc(CSc2nc3ccc(OC(F)F)cc3[nH]2)cc1OC. The zero-order chi connectivity index (χ0) is 17.8. The summed E-state index contributed by atoms with van der Waals surface area (Å²) in [5.41, 5.74) is 2.38. The minimum atomic E-state index is -2.85.